The number of hydrogen-bond donors (Lipinski definition) is 1. The van der Waals surface area contributed by atoms with Gasteiger partial charge in [0.1, 0.15) is 12.7 Å². The Kier molecular flexibility index (Phi) is 3.78. The second-order valence-electron chi connectivity index (χ2n) is 4.09. The zero-order chi connectivity index (χ0) is 12.6. The molecule has 2 unspecified atom stereocenters. The van der Waals surface area contributed by atoms with Crippen LogP contribution in [0.15, 0.2) is 12.1 Å². The fourth-order valence-electron chi connectivity index (χ4n) is 1.53. The third kappa shape index (κ3) is 2.50. The van der Waals surface area contributed by atoms with Crippen LogP contribution in [0.25, 0.3) is 0 Å². The van der Waals surface area contributed by atoms with E-state index in [1.54, 1.807) is 19.1 Å². The second kappa shape index (κ2) is 4.84. The summed E-state index contributed by atoms with van der Waals surface area (Å²) in [5.41, 5.74) is -0.798. The van der Waals surface area contributed by atoms with Crippen molar-refractivity contribution >= 4 is 39.1 Å². The number of ether oxygens (including phenoxy) is 2. The zero-order valence-corrected chi connectivity index (χ0v) is 12.1. The number of fused-ring (bicyclic) bond motifs is 1. The van der Waals surface area contributed by atoms with Crippen molar-refractivity contribution in [2.24, 2.45) is 0 Å². The van der Waals surface area contributed by atoms with E-state index >= 15 is 0 Å². The van der Waals surface area contributed by atoms with E-state index in [1.807, 2.05) is 0 Å². The highest BCUT2D eigenvalue weighted by atomic mass is 79.9. The van der Waals surface area contributed by atoms with Gasteiger partial charge in [0, 0.05) is 17.5 Å². The van der Waals surface area contributed by atoms with Crippen molar-refractivity contribution in [3.8, 4) is 11.5 Å². The van der Waals surface area contributed by atoms with E-state index in [0.29, 0.717) is 26.9 Å². The topological polar surface area (TPSA) is 38.7 Å². The van der Waals surface area contributed by atoms with Crippen LogP contribution in [0.4, 0.5) is 0 Å². The van der Waals surface area contributed by atoms with Crippen molar-refractivity contribution < 1.29 is 14.6 Å². The minimum absolute atomic E-state index is 0.255. The maximum atomic E-state index is 9.88. The van der Waals surface area contributed by atoms with E-state index in [1.165, 1.54) is 0 Å². The van der Waals surface area contributed by atoms with Gasteiger partial charge in [0.2, 0.25) is 0 Å². The van der Waals surface area contributed by atoms with Gasteiger partial charge in [-0.3, -0.25) is 0 Å². The average molecular weight is 342 g/mol. The summed E-state index contributed by atoms with van der Waals surface area (Å²) in [7, 11) is 0. The number of alkyl halides is 1. The van der Waals surface area contributed by atoms with Crippen LogP contribution >= 0.6 is 39.1 Å². The Bertz CT molecular complexity index is 441. The largest absolute Gasteiger partial charge is 0.485 e. The molecule has 17 heavy (non-hydrogen) atoms. The molecule has 1 aliphatic rings. The van der Waals surface area contributed by atoms with Crippen molar-refractivity contribution in [2.45, 2.75) is 18.6 Å². The van der Waals surface area contributed by atoms with Gasteiger partial charge in [-0.05, 0) is 6.92 Å². The van der Waals surface area contributed by atoms with E-state index in [9.17, 15) is 5.11 Å². The molecule has 2 rings (SSSR count). The van der Waals surface area contributed by atoms with Crippen LogP contribution in [0.3, 0.4) is 0 Å². The lowest BCUT2D eigenvalue weighted by molar-refractivity contribution is -0.0737. The Labute approximate surface area is 118 Å². The molecule has 0 saturated heterocycles. The van der Waals surface area contributed by atoms with E-state index in [-0.39, 0.29) is 6.61 Å². The Morgan fingerprint density at radius 3 is 2.59 bits per heavy atom. The van der Waals surface area contributed by atoms with Crippen molar-refractivity contribution in [3.63, 3.8) is 0 Å². The van der Waals surface area contributed by atoms with Crippen LogP contribution in [0.2, 0.25) is 10.0 Å². The van der Waals surface area contributed by atoms with Gasteiger partial charge in [0.25, 0.3) is 0 Å². The van der Waals surface area contributed by atoms with E-state index < -0.39 is 11.7 Å². The van der Waals surface area contributed by atoms with Crippen molar-refractivity contribution in [1.29, 1.82) is 0 Å². The minimum Gasteiger partial charge on any atom is -0.485 e. The van der Waals surface area contributed by atoms with Crippen molar-refractivity contribution in [2.75, 3.05) is 11.9 Å². The molecule has 0 fully saturated rings. The highest BCUT2D eigenvalue weighted by Gasteiger charge is 2.39. The van der Waals surface area contributed by atoms with Crippen LogP contribution in [-0.4, -0.2) is 28.7 Å². The molecule has 0 spiro atoms. The van der Waals surface area contributed by atoms with E-state index in [4.69, 9.17) is 32.7 Å². The molecule has 1 aromatic carbocycles. The molecule has 1 aromatic rings. The Morgan fingerprint density at radius 1 is 1.41 bits per heavy atom. The molecule has 1 heterocycles. The molecule has 0 aliphatic carbocycles. The van der Waals surface area contributed by atoms with Crippen LogP contribution in [0.1, 0.15) is 6.92 Å². The molecule has 6 heteroatoms. The third-order valence-corrected chi connectivity index (χ3v) is 4.03. The normalized spacial score (nSPS) is 24.5. The molecule has 3 nitrogen and oxygen atoms in total. The summed E-state index contributed by atoms with van der Waals surface area (Å²) in [5.74, 6) is 1.03. The molecule has 1 aliphatic heterocycles. The van der Waals surface area contributed by atoms with Gasteiger partial charge >= 0.3 is 0 Å². The van der Waals surface area contributed by atoms with Crippen LogP contribution < -0.4 is 9.47 Å². The number of aliphatic hydroxyl groups excluding tert-OH is 1. The molecule has 0 saturated carbocycles. The predicted molar refractivity (Wildman–Crippen MR) is 70.8 cm³/mol. The number of benzene rings is 1. The summed E-state index contributed by atoms with van der Waals surface area (Å²) in [6.45, 7) is 2.04. The van der Waals surface area contributed by atoms with Gasteiger partial charge in [-0.25, -0.2) is 0 Å². The number of hydrogen-bond acceptors (Lipinski definition) is 3. The SMILES string of the molecule is CC1(C(O)CBr)COc2cc(Cl)c(Cl)cc2O1. The highest BCUT2D eigenvalue weighted by Crippen LogP contribution is 2.41. The van der Waals surface area contributed by atoms with Crippen molar-refractivity contribution in [1.82, 2.24) is 0 Å². The predicted octanol–water partition coefficient (Wildman–Crippen LogP) is 3.28. The molecular formula is C11H11BrCl2O3. The lowest BCUT2D eigenvalue weighted by Gasteiger charge is -2.38. The summed E-state index contributed by atoms with van der Waals surface area (Å²) in [5, 5.41) is 11.1. The highest BCUT2D eigenvalue weighted by molar-refractivity contribution is 9.09. The fraction of sp³-hybridized carbons (Fsp3) is 0.455. The quantitative estimate of drug-likeness (QED) is 0.839. The first-order valence-corrected chi connectivity index (χ1v) is 6.89. The summed E-state index contributed by atoms with van der Waals surface area (Å²) >= 11 is 15.0. The van der Waals surface area contributed by atoms with Crippen LogP contribution in [0, 0.1) is 0 Å². The lowest BCUT2D eigenvalue weighted by Crippen LogP contribution is -2.52. The summed E-state index contributed by atoms with van der Waals surface area (Å²) in [4.78, 5) is 0. The Morgan fingerprint density at radius 2 is 2.00 bits per heavy atom. The molecule has 0 bridgehead atoms. The number of rotatable bonds is 2. The van der Waals surface area contributed by atoms with Crippen LogP contribution in [-0.2, 0) is 0 Å². The Hall–Kier alpha value is -0.160. The summed E-state index contributed by atoms with van der Waals surface area (Å²) in [6.07, 6.45) is -0.676. The summed E-state index contributed by atoms with van der Waals surface area (Å²) in [6, 6.07) is 3.21. The first-order chi connectivity index (χ1) is 7.96. The molecule has 94 valence electrons. The maximum absolute atomic E-state index is 9.88. The standard InChI is InChI=1S/C11H11BrCl2O3/c1-11(10(15)4-12)5-16-8-2-6(13)7(14)3-9(8)17-11/h2-3,10,15H,4-5H2,1H3. The smallest absolute Gasteiger partial charge is 0.167 e. The van der Waals surface area contributed by atoms with Gasteiger partial charge in [-0.2, -0.15) is 0 Å². The first kappa shape index (κ1) is 13.3. The van der Waals surface area contributed by atoms with Gasteiger partial charge in [0.05, 0.1) is 10.0 Å². The maximum Gasteiger partial charge on any atom is 0.167 e. The van der Waals surface area contributed by atoms with E-state index in [2.05, 4.69) is 15.9 Å². The van der Waals surface area contributed by atoms with Crippen molar-refractivity contribution in [3.05, 3.63) is 22.2 Å². The number of aliphatic hydroxyl groups is 1. The third-order valence-electron chi connectivity index (χ3n) is 2.70. The molecular weight excluding hydrogens is 331 g/mol. The van der Waals surface area contributed by atoms with Gasteiger partial charge in [-0.1, -0.05) is 39.1 Å². The zero-order valence-electron chi connectivity index (χ0n) is 9.04. The summed E-state index contributed by atoms with van der Waals surface area (Å²) < 4.78 is 11.3. The van der Waals surface area contributed by atoms with Gasteiger partial charge < -0.3 is 14.6 Å². The van der Waals surface area contributed by atoms with Gasteiger partial charge in [-0.15, -0.1) is 0 Å². The molecule has 0 amide bonds. The molecule has 1 N–H and O–H groups in total. The monoisotopic (exact) mass is 340 g/mol. The molecule has 2 atom stereocenters. The minimum atomic E-state index is -0.798. The second-order valence-corrected chi connectivity index (χ2v) is 5.55. The molecule has 0 aromatic heterocycles. The van der Waals surface area contributed by atoms with Gasteiger partial charge in [0.15, 0.2) is 17.1 Å². The van der Waals surface area contributed by atoms with Crippen LogP contribution in [0.5, 0.6) is 11.5 Å². The Balaban J connectivity index is 2.33. The lowest BCUT2D eigenvalue weighted by atomic mass is 10.0. The molecule has 0 radical (unpaired) electrons. The fourth-order valence-corrected chi connectivity index (χ4v) is 2.52. The van der Waals surface area contributed by atoms with E-state index in [0.717, 1.165) is 0 Å². The number of halogens is 3. The average Bonchev–Trinajstić information content (AvgIpc) is 2.30. The first-order valence-electron chi connectivity index (χ1n) is 5.01.